The number of halogens is 1. The minimum Gasteiger partial charge on any atom is -0.368 e. The molecule has 2 aromatic rings. The Labute approximate surface area is 103 Å². The first-order chi connectivity index (χ1) is 8.06. The molecule has 7 nitrogen and oxygen atoms in total. The minimum atomic E-state index is 0.0826. The van der Waals surface area contributed by atoms with Gasteiger partial charge in [-0.3, -0.25) is 0 Å². The molecule has 0 fully saturated rings. The Kier molecular flexibility index (Phi) is 3.10. The minimum absolute atomic E-state index is 0.0826. The first-order valence-corrected chi connectivity index (χ1v) is 5.28. The topological polar surface area (TPSA) is 85.8 Å². The predicted octanol–water partition coefficient (Wildman–Crippen LogP) is 0.477. The number of hydrogen-bond donors (Lipinski definition) is 1. The van der Waals surface area contributed by atoms with Crippen molar-refractivity contribution in [3.05, 3.63) is 23.5 Å². The lowest BCUT2D eigenvalue weighted by molar-refractivity contribution is 0.745. The van der Waals surface area contributed by atoms with Gasteiger partial charge in [0.15, 0.2) is 0 Å². The van der Waals surface area contributed by atoms with Gasteiger partial charge in [-0.2, -0.15) is 15.0 Å². The Hall–Kier alpha value is -1.89. The van der Waals surface area contributed by atoms with Crippen LogP contribution in [0.25, 0.3) is 0 Å². The van der Waals surface area contributed by atoms with Gasteiger partial charge in [-0.05, 0) is 11.6 Å². The van der Waals surface area contributed by atoms with E-state index in [1.165, 1.54) is 0 Å². The maximum absolute atomic E-state index is 5.72. The van der Waals surface area contributed by atoms with Crippen molar-refractivity contribution < 1.29 is 0 Å². The zero-order chi connectivity index (χ0) is 12.4. The standard InChI is InChI=1S/C9H12ClN7/c1-16-4-3-12-6(16)5-17(2)9-14-7(10)13-8(11)15-9/h3-4H,5H2,1-2H3,(H2,11,13,14,15). The molecule has 0 bridgehead atoms. The first-order valence-electron chi connectivity index (χ1n) is 4.90. The zero-order valence-electron chi connectivity index (χ0n) is 9.50. The molecule has 2 aromatic heterocycles. The molecule has 0 unspecified atom stereocenters. The van der Waals surface area contributed by atoms with Crippen LogP contribution in [0.5, 0.6) is 0 Å². The fourth-order valence-electron chi connectivity index (χ4n) is 1.36. The van der Waals surface area contributed by atoms with Crippen LogP contribution >= 0.6 is 11.6 Å². The largest absolute Gasteiger partial charge is 0.368 e. The number of nitrogens with zero attached hydrogens (tertiary/aromatic N) is 6. The fraction of sp³-hybridized carbons (Fsp3) is 0.333. The van der Waals surface area contributed by atoms with Gasteiger partial charge in [-0.15, -0.1) is 0 Å². The summed E-state index contributed by atoms with van der Waals surface area (Å²) in [5, 5.41) is 0.0826. The molecule has 90 valence electrons. The van der Waals surface area contributed by atoms with Crippen LogP contribution in [0.1, 0.15) is 5.82 Å². The summed E-state index contributed by atoms with van der Waals surface area (Å²) in [6.07, 6.45) is 3.61. The quantitative estimate of drug-likeness (QED) is 0.856. The summed E-state index contributed by atoms with van der Waals surface area (Å²) in [5.74, 6) is 1.42. The van der Waals surface area contributed by atoms with Gasteiger partial charge in [-0.1, -0.05) is 0 Å². The molecule has 0 saturated carbocycles. The van der Waals surface area contributed by atoms with Gasteiger partial charge in [-0.25, -0.2) is 4.98 Å². The summed E-state index contributed by atoms with van der Waals surface area (Å²) in [6.45, 7) is 0.559. The molecule has 2 N–H and O–H groups in total. The molecular formula is C9H12ClN7. The fourth-order valence-corrected chi connectivity index (χ4v) is 1.52. The number of hydrogen-bond acceptors (Lipinski definition) is 6. The van der Waals surface area contributed by atoms with E-state index in [2.05, 4.69) is 19.9 Å². The van der Waals surface area contributed by atoms with Crippen molar-refractivity contribution >= 4 is 23.5 Å². The Bertz CT molecular complexity index is 504. The first kappa shape index (κ1) is 11.6. The summed E-state index contributed by atoms with van der Waals surface area (Å²) in [5.41, 5.74) is 5.51. The number of anilines is 2. The van der Waals surface area contributed by atoms with Crippen molar-refractivity contribution in [3.63, 3.8) is 0 Å². The van der Waals surface area contributed by atoms with E-state index in [0.29, 0.717) is 12.5 Å². The third kappa shape index (κ3) is 2.62. The van der Waals surface area contributed by atoms with E-state index in [1.807, 2.05) is 24.9 Å². The Morgan fingerprint density at radius 3 is 2.76 bits per heavy atom. The van der Waals surface area contributed by atoms with E-state index in [9.17, 15) is 0 Å². The Balaban J connectivity index is 2.20. The molecule has 0 atom stereocenters. The molecule has 0 saturated heterocycles. The number of nitrogen functional groups attached to an aromatic ring is 1. The average Bonchev–Trinajstić information content (AvgIpc) is 2.63. The molecule has 0 radical (unpaired) electrons. The van der Waals surface area contributed by atoms with Crippen molar-refractivity contribution in [1.82, 2.24) is 24.5 Å². The van der Waals surface area contributed by atoms with Crippen LogP contribution in [0.15, 0.2) is 12.4 Å². The van der Waals surface area contributed by atoms with E-state index >= 15 is 0 Å². The maximum atomic E-state index is 5.72. The lowest BCUT2D eigenvalue weighted by atomic mass is 10.5. The van der Waals surface area contributed by atoms with Gasteiger partial charge in [0.2, 0.25) is 17.2 Å². The molecule has 8 heteroatoms. The van der Waals surface area contributed by atoms with Crippen molar-refractivity contribution in [2.75, 3.05) is 17.7 Å². The van der Waals surface area contributed by atoms with Crippen molar-refractivity contribution in [2.24, 2.45) is 7.05 Å². The van der Waals surface area contributed by atoms with Crippen molar-refractivity contribution in [3.8, 4) is 0 Å². The Morgan fingerprint density at radius 2 is 2.18 bits per heavy atom. The Morgan fingerprint density at radius 1 is 1.41 bits per heavy atom. The van der Waals surface area contributed by atoms with Crippen LogP contribution in [0, 0.1) is 0 Å². The number of imidazole rings is 1. The van der Waals surface area contributed by atoms with E-state index in [0.717, 1.165) is 5.82 Å². The highest BCUT2D eigenvalue weighted by Crippen LogP contribution is 2.12. The van der Waals surface area contributed by atoms with Crippen LogP contribution in [0.3, 0.4) is 0 Å². The van der Waals surface area contributed by atoms with E-state index in [4.69, 9.17) is 17.3 Å². The molecule has 2 heterocycles. The molecule has 0 aliphatic heterocycles. The molecule has 0 spiro atoms. The highest BCUT2D eigenvalue weighted by atomic mass is 35.5. The summed E-state index contributed by atoms with van der Waals surface area (Å²) in [7, 11) is 3.75. The van der Waals surface area contributed by atoms with Gasteiger partial charge in [0.25, 0.3) is 0 Å². The van der Waals surface area contributed by atoms with Crippen molar-refractivity contribution in [2.45, 2.75) is 6.54 Å². The third-order valence-corrected chi connectivity index (χ3v) is 2.42. The smallest absolute Gasteiger partial charge is 0.231 e. The monoisotopic (exact) mass is 253 g/mol. The summed E-state index contributed by atoms with van der Waals surface area (Å²) < 4.78 is 1.92. The summed E-state index contributed by atoms with van der Waals surface area (Å²) in [6, 6.07) is 0. The highest BCUT2D eigenvalue weighted by Gasteiger charge is 2.10. The van der Waals surface area contributed by atoms with Crippen LogP contribution < -0.4 is 10.6 Å². The third-order valence-electron chi connectivity index (χ3n) is 2.25. The van der Waals surface area contributed by atoms with Gasteiger partial charge in [0.1, 0.15) is 5.82 Å². The summed E-state index contributed by atoms with van der Waals surface area (Å²) >= 11 is 5.72. The van der Waals surface area contributed by atoms with Crippen LogP contribution in [-0.2, 0) is 13.6 Å². The van der Waals surface area contributed by atoms with Gasteiger partial charge < -0.3 is 15.2 Å². The second-order valence-corrected chi connectivity index (χ2v) is 3.91. The van der Waals surface area contributed by atoms with Crippen LogP contribution in [0.2, 0.25) is 5.28 Å². The van der Waals surface area contributed by atoms with Gasteiger partial charge in [0.05, 0.1) is 6.54 Å². The molecule has 0 aromatic carbocycles. The average molecular weight is 254 g/mol. The zero-order valence-corrected chi connectivity index (χ0v) is 10.3. The number of nitrogens with two attached hydrogens (primary N) is 1. The molecule has 17 heavy (non-hydrogen) atoms. The SMILES string of the molecule is CN(Cc1nccn1C)c1nc(N)nc(Cl)n1. The van der Waals surface area contributed by atoms with E-state index in [1.54, 1.807) is 11.1 Å². The van der Waals surface area contributed by atoms with E-state index in [-0.39, 0.29) is 11.2 Å². The molecular weight excluding hydrogens is 242 g/mol. The molecule has 0 amide bonds. The maximum Gasteiger partial charge on any atom is 0.231 e. The second kappa shape index (κ2) is 4.54. The van der Waals surface area contributed by atoms with E-state index < -0.39 is 0 Å². The van der Waals surface area contributed by atoms with Gasteiger partial charge >= 0.3 is 0 Å². The van der Waals surface area contributed by atoms with Crippen LogP contribution in [0.4, 0.5) is 11.9 Å². The molecule has 0 aliphatic rings. The predicted molar refractivity (Wildman–Crippen MR) is 64.6 cm³/mol. The highest BCUT2D eigenvalue weighted by molar-refractivity contribution is 6.28. The van der Waals surface area contributed by atoms with Crippen molar-refractivity contribution in [1.29, 1.82) is 0 Å². The number of aryl methyl sites for hydroxylation is 1. The molecule has 2 rings (SSSR count). The van der Waals surface area contributed by atoms with Crippen LogP contribution in [-0.4, -0.2) is 31.6 Å². The molecule has 0 aliphatic carbocycles. The number of aromatic nitrogens is 5. The van der Waals surface area contributed by atoms with Gasteiger partial charge in [0, 0.05) is 26.5 Å². The number of rotatable bonds is 3. The lowest BCUT2D eigenvalue weighted by Crippen LogP contribution is -2.22. The lowest BCUT2D eigenvalue weighted by Gasteiger charge is -2.16. The second-order valence-electron chi connectivity index (χ2n) is 3.57. The normalized spacial score (nSPS) is 10.5. The summed E-state index contributed by atoms with van der Waals surface area (Å²) in [4.78, 5) is 17.7.